The highest BCUT2D eigenvalue weighted by Gasteiger charge is 2.38. The topological polar surface area (TPSA) is 29.9 Å². The van der Waals surface area contributed by atoms with Crippen LogP contribution in [0.25, 0.3) is 5.69 Å². The number of para-hydroxylation sites is 1. The van der Waals surface area contributed by atoms with Crippen molar-refractivity contribution in [1.82, 2.24) is 15.1 Å². The summed E-state index contributed by atoms with van der Waals surface area (Å²) >= 11 is 0. The maximum atomic E-state index is 13.2. The Bertz CT molecular complexity index is 547. The van der Waals surface area contributed by atoms with Crippen LogP contribution in [0.1, 0.15) is 24.6 Å². The second-order valence-electron chi connectivity index (χ2n) is 4.44. The molecule has 0 aliphatic rings. The molecule has 3 nitrogen and oxygen atoms in total. The van der Waals surface area contributed by atoms with E-state index in [0.29, 0.717) is 12.2 Å². The Labute approximate surface area is 115 Å². The van der Waals surface area contributed by atoms with Crippen LogP contribution in [0.15, 0.2) is 36.5 Å². The highest BCUT2D eigenvalue weighted by molar-refractivity contribution is 5.36. The first-order valence-corrected chi connectivity index (χ1v) is 6.44. The third-order valence-corrected chi connectivity index (χ3v) is 2.86. The largest absolute Gasteiger partial charge is 0.433 e. The van der Waals surface area contributed by atoms with Crippen molar-refractivity contribution < 1.29 is 13.2 Å². The van der Waals surface area contributed by atoms with E-state index in [1.54, 1.807) is 30.3 Å². The maximum absolute atomic E-state index is 13.2. The molecular weight excluding hydrogens is 267 g/mol. The van der Waals surface area contributed by atoms with Crippen LogP contribution in [0.2, 0.25) is 0 Å². The highest BCUT2D eigenvalue weighted by atomic mass is 19.4. The number of rotatable bonds is 5. The number of benzene rings is 1. The molecule has 2 rings (SSSR count). The second-order valence-corrected chi connectivity index (χ2v) is 4.44. The lowest BCUT2D eigenvalue weighted by Crippen LogP contribution is -2.19. The summed E-state index contributed by atoms with van der Waals surface area (Å²) in [4.78, 5) is 0. The van der Waals surface area contributed by atoms with Gasteiger partial charge in [0.25, 0.3) is 0 Å². The fourth-order valence-electron chi connectivity index (χ4n) is 1.98. The van der Waals surface area contributed by atoms with E-state index >= 15 is 0 Å². The Morgan fingerprint density at radius 3 is 2.50 bits per heavy atom. The van der Waals surface area contributed by atoms with Crippen molar-refractivity contribution in [3.63, 3.8) is 0 Å². The first kappa shape index (κ1) is 14.6. The molecule has 0 saturated heterocycles. The van der Waals surface area contributed by atoms with Crippen LogP contribution < -0.4 is 5.32 Å². The van der Waals surface area contributed by atoms with Crippen LogP contribution in [0.5, 0.6) is 0 Å². The predicted octanol–water partition coefficient (Wildman–Crippen LogP) is 3.39. The van der Waals surface area contributed by atoms with Gasteiger partial charge in [-0.2, -0.15) is 18.3 Å². The van der Waals surface area contributed by atoms with Crippen LogP contribution in [0.3, 0.4) is 0 Å². The third-order valence-electron chi connectivity index (χ3n) is 2.86. The van der Waals surface area contributed by atoms with E-state index in [0.717, 1.165) is 11.1 Å². The van der Waals surface area contributed by atoms with Gasteiger partial charge >= 0.3 is 6.18 Å². The van der Waals surface area contributed by atoms with E-state index in [1.165, 1.54) is 6.20 Å². The summed E-state index contributed by atoms with van der Waals surface area (Å²) in [6, 6.07) is 8.33. The molecule has 0 saturated carbocycles. The lowest BCUT2D eigenvalue weighted by atomic mass is 10.2. The molecule has 1 heterocycles. The number of nitrogens with one attached hydrogen (secondary N) is 1. The monoisotopic (exact) mass is 283 g/mol. The summed E-state index contributed by atoms with van der Waals surface area (Å²) in [5, 5.41) is 6.86. The molecule has 0 atom stereocenters. The number of halogens is 3. The van der Waals surface area contributed by atoms with Gasteiger partial charge in [0.2, 0.25) is 0 Å². The van der Waals surface area contributed by atoms with E-state index in [1.807, 2.05) is 6.92 Å². The molecule has 1 aromatic carbocycles. The Hall–Kier alpha value is -1.82. The van der Waals surface area contributed by atoms with Gasteiger partial charge in [-0.05, 0) is 25.1 Å². The Morgan fingerprint density at radius 2 is 1.90 bits per heavy atom. The number of nitrogens with zero attached hydrogens (tertiary/aromatic N) is 2. The molecule has 0 aliphatic heterocycles. The zero-order valence-electron chi connectivity index (χ0n) is 11.1. The van der Waals surface area contributed by atoms with Crippen molar-refractivity contribution in [2.45, 2.75) is 26.1 Å². The van der Waals surface area contributed by atoms with Crippen molar-refractivity contribution in [3.8, 4) is 5.69 Å². The van der Waals surface area contributed by atoms with Gasteiger partial charge in [0, 0.05) is 12.1 Å². The Kier molecular flexibility index (Phi) is 4.44. The maximum Gasteiger partial charge on any atom is 0.433 e. The normalized spacial score (nSPS) is 11.8. The average molecular weight is 283 g/mol. The summed E-state index contributed by atoms with van der Waals surface area (Å²) < 4.78 is 40.7. The van der Waals surface area contributed by atoms with Crippen molar-refractivity contribution in [1.29, 1.82) is 0 Å². The van der Waals surface area contributed by atoms with E-state index < -0.39 is 11.9 Å². The smallest absolute Gasteiger partial charge is 0.313 e. The van der Waals surface area contributed by atoms with Crippen LogP contribution in [-0.2, 0) is 12.7 Å². The quantitative estimate of drug-likeness (QED) is 0.852. The Balaban J connectivity index is 2.38. The van der Waals surface area contributed by atoms with Crippen molar-refractivity contribution in [2.24, 2.45) is 0 Å². The predicted molar refractivity (Wildman–Crippen MR) is 70.6 cm³/mol. The Morgan fingerprint density at radius 1 is 1.20 bits per heavy atom. The van der Waals surface area contributed by atoms with Crippen molar-refractivity contribution in [2.75, 3.05) is 6.54 Å². The van der Waals surface area contributed by atoms with Gasteiger partial charge < -0.3 is 5.32 Å². The number of aromatic nitrogens is 2. The molecular formula is C14H16F3N3. The molecule has 0 amide bonds. The molecule has 0 radical (unpaired) electrons. The number of alkyl halides is 3. The lowest BCUT2D eigenvalue weighted by Gasteiger charge is -2.13. The van der Waals surface area contributed by atoms with Crippen molar-refractivity contribution >= 4 is 0 Å². The summed E-state index contributed by atoms with van der Waals surface area (Å²) in [6.45, 7) is 2.80. The molecule has 0 aliphatic carbocycles. The zero-order chi connectivity index (χ0) is 14.6. The molecule has 0 fully saturated rings. The minimum Gasteiger partial charge on any atom is -0.313 e. The summed E-state index contributed by atoms with van der Waals surface area (Å²) in [7, 11) is 0. The summed E-state index contributed by atoms with van der Waals surface area (Å²) in [6.07, 6.45) is -2.29. The fourth-order valence-corrected chi connectivity index (χ4v) is 1.98. The fraction of sp³-hybridized carbons (Fsp3) is 0.357. The van der Waals surface area contributed by atoms with E-state index in [2.05, 4.69) is 10.4 Å². The summed E-state index contributed by atoms with van der Waals surface area (Å²) in [5.74, 6) is 0. The first-order chi connectivity index (χ1) is 9.54. The van der Waals surface area contributed by atoms with Gasteiger partial charge in [0.15, 0.2) is 5.69 Å². The standard InChI is InChI=1S/C14H16F3N3/c1-2-8-18-9-11-10-19-20(13(11)14(15,16)17)12-6-4-3-5-7-12/h3-7,10,18H,2,8-9H2,1H3. The minimum atomic E-state index is -4.43. The van der Waals surface area contributed by atoms with Gasteiger partial charge in [-0.1, -0.05) is 25.1 Å². The first-order valence-electron chi connectivity index (χ1n) is 6.44. The number of hydrogen-bond acceptors (Lipinski definition) is 2. The molecule has 0 bridgehead atoms. The molecule has 6 heteroatoms. The minimum absolute atomic E-state index is 0.162. The van der Waals surface area contributed by atoms with Crippen LogP contribution in [-0.4, -0.2) is 16.3 Å². The van der Waals surface area contributed by atoms with Gasteiger partial charge in [0.05, 0.1) is 11.9 Å². The van der Waals surface area contributed by atoms with Gasteiger partial charge in [-0.3, -0.25) is 0 Å². The van der Waals surface area contributed by atoms with Crippen LogP contribution in [0.4, 0.5) is 13.2 Å². The van der Waals surface area contributed by atoms with E-state index in [4.69, 9.17) is 0 Å². The molecule has 2 aromatic rings. The van der Waals surface area contributed by atoms with Crippen LogP contribution >= 0.6 is 0 Å². The average Bonchev–Trinajstić information content (AvgIpc) is 2.84. The van der Waals surface area contributed by atoms with E-state index in [-0.39, 0.29) is 12.1 Å². The highest BCUT2D eigenvalue weighted by Crippen LogP contribution is 2.33. The van der Waals surface area contributed by atoms with Gasteiger partial charge in [-0.15, -0.1) is 0 Å². The van der Waals surface area contributed by atoms with Crippen LogP contribution in [0, 0.1) is 0 Å². The third kappa shape index (κ3) is 3.19. The SMILES string of the molecule is CCCNCc1cnn(-c2ccccc2)c1C(F)(F)F. The zero-order valence-corrected chi connectivity index (χ0v) is 11.1. The van der Waals surface area contributed by atoms with Gasteiger partial charge in [0.1, 0.15) is 0 Å². The van der Waals surface area contributed by atoms with Gasteiger partial charge in [-0.25, -0.2) is 4.68 Å². The molecule has 20 heavy (non-hydrogen) atoms. The van der Waals surface area contributed by atoms with Crippen molar-refractivity contribution in [3.05, 3.63) is 47.8 Å². The summed E-state index contributed by atoms with van der Waals surface area (Å²) in [5.41, 5.74) is -0.149. The lowest BCUT2D eigenvalue weighted by molar-refractivity contribution is -0.143. The van der Waals surface area contributed by atoms with E-state index in [9.17, 15) is 13.2 Å². The molecule has 108 valence electrons. The molecule has 1 aromatic heterocycles. The molecule has 1 N–H and O–H groups in total. The molecule has 0 unspecified atom stereocenters. The number of hydrogen-bond donors (Lipinski definition) is 1. The molecule has 0 spiro atoms. The second kappa shape index (κ2) is 6.09.